The Morgan fingerprint density at radius 2 is 1.29 bits per heavy atom. The van der Waals surface area contributed by atoms with Crippen LogP contribution in [0.3, 0.4) is 0 Å². The van der Waals surface area contributed by atoms with Gasteiger partial charge >= 0.3 is 15.6 Å². The molecule has 0 bridgehead atoms. The van der Waals surface area contributed by atoms with Crippen molar-refractivity contribution in [1.29, 1.82) is 0 Å². The molecule has 0 aliphatic carbocycles. The zero-order chi connectivity index (χ0) is 25.6. The van der Waals surface area contributed by atoms with Crippen molar-refractivity contribution in [2.75, 3.05) is 19.8 Å². The summed E-state index contributed by atoms with van der Waals surface area (Å²) >= 11 is 0. The number of hydrogen-bond acceptors (Lipinski definition) is 5. The molecule has 0 aromatic heterocycles. The average Bonchev–Trinajstić information content (AvgIpc) is 2.78. The predicted molar refractivity (Wildman–Crippen MR) is 129 cm³/mol. The molecule has 2 atom stereocenters. The smallest absolute Gasteiger partial charge is 0.493 e. The highest BCUT2D eigenvalue weighted by Crippen LogP contribution is 2.28. The average molecular weight is 511 g/mol. The second kappa shape index (κ2) is 15.5. The molecule has 1 aromatic carbocycles. The lowest BCUT2D eigenvalue weighted by Crippen LogP contribution is -2.26. The summed E-state index contributed by atoms with van der Waals surface area (Å²) in [5.74, 6) is 1.93. The number of rotatable bonds is 18. The first-order valence-electron chi connectivity index (χ1n) is 12.4. The number of halogens is 3. The Kier molecular flexibility index (Phi) is 13.9. The van der Waals surface area contributed by atoms with E-state index in [4.69, 9.17) is 9.47 Å². The lowest BCUT2D eigenvalue weighted by atomic mass is 10.0. The highest BCUT2D eigenvalue weighted by atomic mass is 32.2. The van der Waals surface area contributed by atoms with Crippen LogP contribution in [0.25, 0.3) is 0 Å². The van der Waals surface area contributed by atoms with E-state index in [1.165, 1.54) is 0 Å². The van der Waals surface area contributed by atoms with Gasteiger partial charge < -0.3 is 9.47 Å². The van der Waals surface area contributed by atoms with Crippen molar-refractivity contribution in [3.8, 4) is 11.5 Å². The van der Waals surface area contributed by atoms with Gasteiger partial charge in [0.05, 0.1) is 19.8 Å². The maximum absolute atomic E-state index is 12.5. The van der Waals surface area contributed by atoms with Crippen molar-refractivity contribution in [1.82, 2.24) is 0 Å². The number of alkyl halides is 3. The maximum Gasteiger partial charge on any atom is 0.523 e. The molecule has 9 heteroatoms. The van der Waals surface area contributed by atoms with Gasteiger partial charge in [0.2, 0.25) is 0 Å². The van der Waals surface area contributed by atoms with E-state index >= 15 is 0 Å². The van der Waals surface area contributed by atoms with E-state index < -0.39 is 22.2 Å². The Balaban J connectivity index is 2.92. The molecule has 5 nitrogen and oxygen atoms in total. The fourth-order valence-electron chi connectivity index (χ4n) is 3.50. The molecule has 1 rings (SSSR count). The Hall–Kier alpha value is -1.48. The van der Waals surface area contributed by atoms with E-state index in [-0.39, 0.29) is 6.42 Å². The van der Waals surface area contributed by atoms with Crippen LogP contribution in [0.2, 0.25) is 0 Å². The molecule has 0 saturated carbocycles. The molecule has 0 radical (unpaired) electrons. The zero-order valence-electron chi connectivity index (χ0n) is 21.0. The first-order chi connectivity index (χ1) is 16.1. The van der Waals surface area contributed by atoms with Crippen molar-refractivity contribution >= 4 is 10.1 Å². The first-order valence-corrected chi connectivity index (χ1v) is 13.8. The molecular weight excluding hydrogens is 469 g/mol. The van der Waals surface area contributed by atoms with Crippen molar-refractivity contribution in [2.24, 2.45) is 11.8 Å². The van der Waals surface area contributed by atoms with E-state index in [0.29, 0.717) is 42.1 Å². The predicted octanol–water partition coefficient (Wildman–Crippen LogP) is 7.29. The van der Waals surface area contributed by atoms with Crippen LogP contribution >= 0.6 is 0 Å². The van der Waals surface area contributed by atoms with E-state index in [1.54, 1.807) is 18.2 Å². The SMILES string of the molecule is CCCCC(CC)COc1cc(CCOS(=O)(=O)C(F)(F)F)cc(OCC(CC)CCCC)c1. The van der Waals surface area contributed by atoms with E-state index in [1.807, 2.05) is 0 Å². The summed E-state index contributed by atoms with van der Waals surface area (Å²) in [7, 11) is -5.62. The van der Waals surface area contributed by atoms with Gasteiger partial charge in [0.25, 0.3) is 0 Å². The molecule has 0 amide bonds. The molecule has 0 heterocycles. The lowest BCUT2D eigenvalue weighted by Gasteiger charge is -2.19. The van der Waals surface area contributed by atoms with Gasteiger partial charge in [-0.1, -0.05) is 66.2 Å². The van der Waals surface area contributed by atoms with Crippen LogP contribution < -0.4 is 9.47 Å². The lowest BCUT2D eigenvalue weighted by molar-refractivity contribution is -0.0541. The largest absolute Gasteiger partial charge is 0.523 e. The fourth-order valence-corrected chi connectivity index (χ4v) is 3.94. The van der Waals surface area contributed by atoms with Crippen LogP contribution in [0.4, 0.5) is 13.2 Å². The van der Waals surface area contributed by atoms with Gasteiger partial charge in [0.1, 0.15) is 11.5 Å². The van der Waals surface area contributed by atoms with E-state index in [0.717, 1.165) is 51.4 Å². The van der Waals surface area contributed by atoms with Crippen LogP contribution in [0.1, 0.15) is 84.6 Å². The number of unbranched alkanes of at least 4 members (excludes halogenated alkanes) is 2. The van der Waals surface area contributed by atoms with Crippen molar-refractivity contribution in [3.63, 3.8) is 0 Å². The molecule has 0 fully saturated rings. The highest BCUT2D eigenvalue weighted by Gasteiger charge is 2.47. The quantitative estimate of drug-likeness (QED) is 0.153. The molecule has 0 N–H and O–H groups in total. The minimum Gasteiger partial charge on any atom is -0.493 e. The zero-order valence-corrected chi connectivity index (χ0v) is 21.8. The number of benzene rings is 1. The number of hydrogen-bond donors (Lipinski definition) is 0. The van der Waals surface area contributed by atoms with Crippen LogP contribution in [-0.4, -0.2) is 33.7 Å². The van der Waals surface area contributed by atoms with Crippen molar-refractivity contribution < 1.29 is 35.2 Å². The van der Waals surface area contributed by atoms with Crippen LogP contribution in [0.15, 0.2) is 18.2 Å². The summed E-state index contributed by atoms with van der Waals surface area (Å²) in [6, 6.07) is 5.20. The standard InChI is InChI=1S/C25H41F3O5S/c1-5-9-11-20(7-3)18-31-23-15-22(13-14-33-34(29,30)25(26,27)28)16-24(17-23)32-19-21(8-4)12-10-6-2/h15-17,20-21H,5-14,18-19H2,1-4H3. The van der Waals surface area contributed by atoms with Gasteiger partial charge in [-0.05, 0) is 48.8 Å². The van der Waals surface area contributed by atoms with Gasteiger partial charge in [0, 0.05) is 6.07 Å². The normalized spacial score (nSPS) is 14.1. The molecule has 0 aliphatic rings. The van der Waals surface area contributed by atoms with Gasteiger partial charge in [0.15, 0.2) is 0 Å². The summed E-state index contributed by atoms with van der Waals surface area (Å²) in [4.78, 5) is 0. The van der Waals surface area contributed by atoms with Crippen molar-refractivity contribution in [3.05, 3.63) is 23.8 Å². The molecule has 1 aromatic rings. The minimum atomic E-state index is -5.62. The van der Waals surface area contributed by atoms with Crippen molar-refractivity contribution in [2.45, 2.75) is 91.0 Å². The first kappa shape index (κ1) is 30.6. The molecular formula is C25H41F3O5S. The monoisotopic (exact) mass is 510 g/mol. The Morgan fingerprint density at radius 3 is 1.68 bits per heavy atom. The maximum atomic E-state index is 12.5. The minimum absolute atomic E-state index is 0.0248. The molecule has 0 spiro atoms. The Bertz CT molecular complexity index is 758. The fraction of sp³-hybridized carbons (Fsp3) is 0.760. The van der Waals surface area contributed by atoms with Gasteiger partial charge in [-0.2, -0.15) is 21.6 Å². The van der Waals surface area contributed by atoms with E-state index in [2.05, 4.69) is 31.9 Å². The third kappa shape index (κ3) is 11.3. The summed E-state index contributed by atoms with van der Waals surface area (Å²) in [6.07, 6.45) is 8.55. The summed E-state index contributed by atoms with van der Waals surface area (Å²) < 4.78 is 76.1. The van der Waals surface area contributed by atoms with Gasteiger partial charge in [-0.25, -0.2) is 0 Å². The topological polar surface area (TPSA) is 61.8 Å². The van der Waals surface area contributed by atoms with E-state index in [9.17, 15) is 21.6 Å². The second-order valence-corrected chi connectivity index (χ2v) is 10.3. The summed E-state index contributed by atoms with van der Waals surface area (Å²) in [5.41, 5.74) is -4.85. The second-order valence-electron chi connectivity index (χ2n) is 8.74. The summed E-state index contributed by atoms with van der Waals surface area (Å²) in [5, 5.41) is 0. The Morgan fingerprint density at radius 1 is 0.824 bits per heavy atom. The van der Waals surface area contributed by atoms with Gasteiger partial charge in [-0.15, -0.1) is 0 Å². The third-order valence-corrected chi connectivity index (χ3v) is 6.95. The number of ether oxygens (including phenoxy) is 2. The summed E-state index contributed by atoms with van der Waals surface area (Å²) in [6.45, 7) is 8.98. The third-order valence-electron chi connectivity index (χ3n) is 5.91. The molecule has 34 heavy (non-hydrogen) atoms. The molecule has 2 unspecified atom stereocenters. The van der Waals surface area contributed by atoms with Crippen LogP contribution in [0, 0.1) is 11.8 Å². The molecule has 0 saturated heterocycles. The molecule has 198 valence electrons. The van der Waals surface area contributed by atoms with Gasteiger partial charge in [-0.3, -0.25) is 4.18 Å². The van der Waals surface area contributed by atoms with Crippen LogP contribution in [0.5, 0.6) is 11.5 Å². The Labute approximate surface area is 203 Å². The molecule has 0 aliphatic heterocycles. The van der Waals surface area contributed by atoms with Crippen LogP contribution in [-0.2, 0) is 20.7 Å². The highest BCUT2D eigenvalue weighted by molar-refractivity contribution is 7.87.